The summed E-state index contributed by atoms with van der Waals surface area (Å²) in [5.41, 5.74) is 0. The van der Waals surface area contributed by atoms with Crippen molar-refractivity contribution in [3.63, 3.8) is 0 Å². The van der Waals surface area contributed by atoms with Crippen LogP contribution in [-0.2, 0) is 4.79 Å². The zero-order chi connectivity index (χ0) is 18.2. The Morgan fingerprint density at radius 2 is 0.962 bits per heavy atom. The third kappa shape index (κ3) is 4.98. The number of rotatable bonds is 8. The maximum absolute atomic E-state index is 11.6. The van der Waals surface area contributed by atoms with E-state index in [0.717, 1.165) is 0 Å². The van der Waals surface area contributed by atoms with Gasteiger partial charge in [-0.25, -0.2) is 4.79 Å². The zero-order valence-corrected chi connectivity index (χ0v) is 14.8. The van der Waals surface area contributed by atoms with E-state index in [4.69, 9.17) is 13.6 Å². The molecule has 0 unspecified atom stereocenters. The van der Waals surface area contributed by atoms with Crippen molar-refractivity contribution < 1.29 is 23.5 Å². The predicted molar refractivity (Wildman–Crippen MR) is 101 cm³/mol. The molecule has 0 aromatic heterocycles. The molecule has 0 aliphatic heterocycles. The van der Waals surface area contributed by atoms with E-state index in [1.165, 1.54) is 0 Å². The number of carbonyl (C=O) groups is 1. The van der Waals surface area contributed by atoms with Crippen LogP contribution >= 0.6 is 7.94 Å². The van der Waals surface area contributed by atoms with E-state index in [9.17, 15) is 9.90 Å². The average Bonchev–Trinajstić information content (AvgIpc) is 2.63. The van der Waals surface area contributed by atoms with Crippen LogP contribution in [0.1, 0.15) is 0 Å². The number of carboxylic acids is 1. The molecule has 0 heterocycles. The fraction of sp³-hybridized carbons (Fsp3) is 0.0500. The Morgan fingerprint density at radius 3 is 1.23 bits per heavy atom. The minimum absolute atomic E-state index is 0.411. The van der Waals surface area contributed by atoms with E-state index in [1.807, 2.05) is 18.2 Å². The van der Waals surface area contributed by atoms with Gasteiger partial charge in [0.2, 0.25) is 0 Å². The molecule has 0 aliphatic carbocycles. The van der Waals surface area contributed by atoms with Gasteiger partial charge in [0.15, 0.2) is 17.2 Å². The van der Waals surface area contributed by atoms with Gasteiger partial charge in [-0.05, 0) is 36.4 Å². The molecule has 0 bridgehead atoms. The first-order chi connectivity index (χ1) is 12.7. The van der Waals surface area contributed by atoms with Gasteiger partial charge in [-0.1, -0.05) is 54.6 Å². The Morgan fingerprint density at radius 1 is 0.654 bits per heavy atom. The normalized spacial score (nSPS) is 10.8. The van der Waals surface area contributed by atoms with Gasteiger partial charge < -0.3 is 5.11 Å². The van der Waals surface area contributed by atoms with Crippen molar-refractivity contribution in [3.8, 4) is 17.2 Å². The van der Waals surface area contributed by atoms with Gasteiger partial charge in [0.05, 0.1) is 0 Å². The zero-order valence-electron chi connectivity index (χ0n) is 13.9. The molecule has 0 spiro atoms. The highest BCUT2D eigenvalue weighted by molar-refractivity contribution is 7.63. The molecule has 3 aromatic rings. The van der Waals surface area contributed by atoms with Crippen molar-refractivity contribution in [2.75, 3.05) is 6.16 Å². The summed E-state index contributed by atoms with van der Waals surface area (Å²) in [4.78, 5) is 11.6. The molecule has 0 atom stereocenters. The summed E-state index contributed by atoms with van der Waals surface area (Å²) in [6, 6.07) is 26.8. The van der Waals surface area contributed by atoms with E-state index in [0.29, 0.717) is 17.2 Å². The van der Waals surface area contributed by atoms with Gasteiger partial charge in [-0.15, -0.1) is 0 Å². The molecule has 0 fully saturated rings. The number of aliphatic carboxylic acids is 1. The predicted octanol–water partition coefficient (Wildman–Crippen LogP) is 5.07. The maximum Gasteiger partial charge on any atom is 0.553 e. The monoisotopic (exact) mass is 369 g/mol. The van der Waals surface area contributed by atoms with Gasteiger partial charge in [0.25, 0.3) is 6.16 Å². The van der Waals surface area contributed by atoms with Gasteiger partial charge in [0, 0.05) is 0 Å². The SMILES string of the molecule is O=C(O)C[P+](Oc1ccccc1)(Oc1ccccc1)Oc1ccccc1. The third-order valence-corrected chi connectivity index (χ3v) is 5.42. The number of hydrogen-bond donors (Lipinski definition) is 1. The van der Waals surface area contributed by atoms with E-state index >= 15 is 0 Å². The molecule has 3 aromatic carbocycles. The number of carboxylic acid groups (broad SMARTS) is 1. The summed E-state index contributed by atoms with van der Waals surface area (Å²) < 4.78 is 18.0. The molecule has 1 N–H and O–H groups in total. The Kier molecular flexibility index (Phi) is 5.72. The van der Waals surface area contributed by atoms with Crippen LogP contribution in [0.3, 0.4) is 0 Å². The van der Waals surface area contributed by atoms with Gasteiger partial charge in [-0.3, -0.25) is 13.6 Å². The van der Waals surface area contributed by atoms with Gasteiger partial charge in [0.1, 0.15) is 0 Å². The topological polar surface area (TPSA) is 65.0 Å². The minimum atomic E-state index is -3.32. The molecule has 132 valence electrons. The van der Waals surface area contributed by atoms with Crippen LogP contribution in [-0.4, -0.2) is 17.2 Å². The van der Waals surface area contributed by atoms with Crippen molar-refractivity contribution in [2.24, 2.45) is 0 Å². The van der Waals surface area contributed by atoms with Crippen molar-refractivity contribution in [2.45, 2.75) is 0 Å². The molecule has 26 heavy (non-hydrogen) atoms. The Bertz CT molecular complexity index is 723. The summed E-state index contributed by atoms with van der Waals surface area (Å²) in [6.07, 6.45) is -0.411. The van der Waals surface area contributed by atoms with Gasteiger partial charge >= 0.3 is 13.9 Å². The Labute approximate surface area is 152 Å². The fourth-order valence-corrected chi connectivity index (χ4v) is 4.21. The first kappa shape index (κ1) is 17.8. The second-order valence-corrected chi connectivity index (χ2v) is 7.46. The molecule has 0 amide bonds. The lowest BCUT2D eigenvalue weighted by Gasteiger charge is -2.21. The number of hydrogen-bond acceptors (Lipinski definition) is 4. The highest BCUT2D eigenvalue weighted by atomic mass is 31.2. The molecule has 0 aliphatic rings. The summed E-state index contributed by atoms with van der Waals surface area (Å²) >= 11 is 0. The van der Waals surface area contributed by atoms with Gasteiger partial charge in [-0.2, -0.15) is 0 Å². The second kappa shape index (κ2) is 8.37. The van der Waals surface area contributed by atoms with Crippen LogP contribution in [0.5, 0.6) is 17.2 Å². The van der Waals surface area contributed by atoms with E-state index in [1.54, 1.807) is 72.8 Å². The highest BCUT2D eigenvalue weighted by Gasteiger charge is 2.52. The average molecular weight is 369 g/mol. The summed E-state index contributed by atoms with van der Waals surface area (Å²) in [5.74, 6) is 0.373. The van der Waals surface area contributed by atoms with Crippen LogP contribution in [0.2, 0.25) is 0 Å². The van der Waals surface area contributed by atoms with Crippen molar-refractivity contribution in [1.29, 1.82) is 0 Å². The lowest BCUT2D eigenvalue weighted by atomic mass is 10.3. The second-order valence-electron chi connectivity index (χ2n) is 5.38. The van der Waals surface area contributed by atoms with Crippen LogP contribution < -0.4 is 13.6 Å². The molecule has 3 rings (SSSR count). The summed E-state index contributed by atoms with van der Waals surface area (Å²) in [7, 11) is -3.32. The number of para-hydroxylation sites is 3. The Balaban J connectivity index is 1.98. The van der Waals surface area contributed by atoms with Crippen LogP contribution in [0, 0.1) is 0 Å². The molecule has 0 radical (unpaired) electrons. The molecule has 6 heteroatoms. The first-order valence-electron chi connectivity index (χ1n) is 7.99. The van der Waals surface area contributed by atoms with Crippen LogP contribution in [0.15, 0.2) is 91.0 Å². The number of benzene rings is 3. The van der Waals surface area contributed by atoms with E-state index in [2.05, 4.69) is 0 Å². The quantitative estimate of drug-likeness (QED) is 0.562. The molecular weight excluding hydrogens is 351 g/mol. The lowest BCUT2D eigenvalue weighted by molar-refractivity contribution is -0.134. The van der Waals surface area contributed by atoms with Crippen molar-refractivity contribution in [1.82, 2.24) is 0 Å². The molecular formula is C20H18O5P+. The summed E-state index contributed by atoms with van der Waals surface area (Å²) in [6.45, 7) is 0. The first-order valence-corrected chi connectivity index (χ1v) is 9.72. The lowest BCUT2D eigenvalue weighted by Crippen LogP contribution is -2.23. The summed E-state index contributed by atoms with van der Waals surface area (Å²) in [5, 5.41) is 9.47. The fourth-order valence-electron chi connectivity index (χ4n) is 2.24. The van der Waals surface area contributed by atoms with Crippen LogP contribution in [0.25, 0.3) is 0 Å². The Hall–Kier alpha value is -3.04. The molecule has 5 nitrogen and oxygen atoms in total. The minimum Gasteiger partial charge on any atom is -0.478 e. The van der Waals surface area contributed by atoms with E-state index in [-0.39, 0.29) is 0 Å². The van der Waals surface area contributed by atoms with Crippen molar-refractivity contribution in [3.05, 3.63) is 91.0 Å². The van der Waals surface area contributed by atoms with Crippen LogP contribution in [0.4, 0.5) is 0 Å². The smallest absolute Gasteiger partial charge is 0.478 e. The third-order valence-electron chi connectivity index (χ3n) is 3.29. The molecule has 0 saturated heterocycles. The largest absolute Gasteiger partial charge is 0.553 e. The molecule has 0 saturated carbocycles. The highest BCUT2D eigenvalue weighted by Crippen LogP contribution is 2.60. The van der Waals surface area contributed by atoms with Crippen molar-refractivity contribution >= 4 is 13.9 Å². The standard InChI is InChI=1S/C20H17O5P/c21-20(22)16-26(23-17-10-4-1-5-11-17,24-18-12-6-2-7-13-18)25-19-14-8-3-9-15-19/h1-15H,16H2/p+1. The van der Waals surface area contributed by atoms with E-state index < -0.39 is 20.1 Å². The maximum atomic E-state index is 11.6.